The standard InChI is InChI=1S/C27H24N4O3/c1-34-22-13-11-18(12-14-22)25-23(17-31(29-25)21-9-3-2-4-10-21)27(33)30-16-20-8-6-5-7-19(20)15-24(30)26(28)32/h2-14,17,24H,15-16H2,1H3,(H2,28,32). The van der Waals surface area contributed by atoms with Crippen LogP contribution in [0.5, 0.6) is 5.75 Å². The van der Waals surface area contributed by atoms with Crippen LogP contribution in [0.15, 0.2) is 85.1 Å². The summed E-state index contributed by atoms with van der Waals surface area (Å²) in [4.78, 5) is 27.8. The van der Waals surface area contributed by atoms with E-state index in [-0.39, 0.29) is 5.91 Å². The monoisotopic (exact) mass is 452 g/mol. The zero-order valence-electron chi connectivity index (χ0n) is 18.7. The molecular formula is C27H24N4O3. The van der Waals surface area contributed by atoms with E-state index < -0.39 is 11.9 Å². The van der Waals surface area contributed by atoms with E-state index in [1.54, 1.807) is 22.9 Å². The SMILES string of the molecule is COc1ccc(-c2nn(-c3ccccc3)cc2C(=O)N2Cc3ccccc3CC2C(N)=O)cc1. The number of amides is 2. The summed E-state index contributed by atoms with van der Waals surface area (Å²) >= 11 is 0. The van der Waals surface area contributed by atoms with Gasteiger partial charge < -0.3 is 15.4 Å². The molecule has 0 radical (unpaired) electrons. The van der Waals surface area contributed by atoms with E-state index in [9.17, 15) is 9.59 Å². The third-order valence-electron chi connectivity index (χ3n) is 6.17. The van der Waals surface area contributed by atoms with Gasteiger partial charge in [-0.1, -0.05) is 42.5 Å². The molecule has 0 fully saturated rings. The van der Waals surface area contributed by atoms with Gasteiger partial charge in [0, 0.05) is 24.7 Å². The average molecular weight is 453 g/mol. The quantitative estimate of drug-likeness (QED) is 0.501. The molecule has 34 heavy (non-hydrogen) atoms. The number of hydrogen-bond acceptors (Lipinski definition) is 4. The molecule has 5 rings (SSSR count). The Morgan fingerprint density at radius 1 is 0.941 bits per heavy atom. The molecule has 3 aromatic carbocycles. The number of nitrogens with two attached hydrogens (primary N) is 1. The van der Waals surface area contributed by atoms with Crippen molar-refractivity contribution < 1.29 is 14.3 Å². The predicted molar refractivity (Wildman–Crippen MR) is 129 cm³/mol. The number of aromatic nitrogens is 2. The van der Waals surface area contributed by atoms with Crippen molar-refractivity contribution in [1.29, 1.82) is 0 Å². The fraction of sp³-hybridized carbons (Fsp3) is 0.148. The molecule has 2 N–H and O–H groups in total. The maximum absolute atomic E-state index is 13.9. The molecule has 4 aromatic rings. The summed E-state index contributed by atoms with van der Waals surface area (Å²) in [7, 11) is 1.60. The Balaban J connectivity index is 1.60. The summed E-state index contributed by atoms with van der Waals surface area (Å²) in [6, 6.07) is 24.1. The van der Waals surface area contributed by atoms with Crippen molar-refractivity contribution in [2.45, 2.75) is 19.0 Å². The summed E-state index contributed by atoms with van der Waals surface area (Å²) in [5.74, 6) is -0.101. The first kappa shape index (κ1) is 21.5. The van der Waals surface area contributed by atoms with Crippen LogP contribution in [0.1, 0.15) is 21.5 Å². The highest BCUT2D eigenvalue weighted by atomic mass is 16.5. The molecular weight excluding hydrogens is 428 g/mol. The molecule has 0 saturated carbocycles. The van der Waals surface area contributed by atoms with E-state index in [0.717, 1.165) is 22.4 Å². The smallest absolute Gasteiger partial charge is 0.258 e. The molecule has 0 saturated heterocycles. The van der Waals surface area contributed by atoms with Crippen LogP contribution in [0.2, 0.25) is 0 Å². The minimum Gasteiger partial charge on any atom is -0.497 e. The number of primary amides is 1. The third-order valence-corrected chi connectivity index (χ3v) is 6.17. The Hall–Kier alpha value is -4.39. The summed E-state index contributed by atoms with van der Waals surface area (Å²) in [5, 5.41) is 4.75. The number of methoxy groups -OCH3 is 1. The number of carbonyl (C=O) groups is 2. The van der Waals surface area contributed by atoms with Crippen LogP contribution in [-0.2, 0) is 17.8 Å². The Morgan fingerprint density at radius 2 is 1.62 bits per heavy atom. The fourth-order valence-electron chi connectivity index (χ4n) is 4.35. The first-order valence-electron chi connectivity index (χ1n) is 11.0. The zero-order chi connectivity index (χ0) is 23.7. The lowest BCUT2D eigenvalue weighted by atomic mass is 9.92. The first-order chi connectivity index (χ1) is 16.5. The van der Waals surface area contributed by atoms with E-state index in [4.69, 9.17) is 15.6 Å². The molecule has 0 aliphatic carbocycles. The number of rotatable bonds is 5. The second kappa shape index (κ2) is 8.86. The number of hydrogen-bond donors (Lipinski definition) is 1. The van der Waals surface area contributed by atoms with Crippen molar-refractivity contribution in [3.8, 4) is 22.7 Å². The van der Waals surface area contributed by atoms with Crippen molar-refractivity contribution in [2.75, 3.05) is 7.11 Å². The van der Waals surface area contributed by atoms with Gasteiger partial charge in [0.15, 0.2) is 0 Å². The maximum Gasteiger partial charge on any atom is 0.258 e. The molecule has 1 aliphatic heterocycles. The molecule has 2 amide bonds. The van der Waals surface area contributed by atoms with Crippen LogP contribution in [0, 0.1) is 0 Å². The Morgan fingerprint density at radius 3 is 2.29 bits per heavy atom. The van der Waals surface area contributed by atoms with E-state index in [2.05, 4.69) is 0 Å². The molecule has 170 valence electrons. The van der Waals surface area contributed by atoms with Crippen molar-refractivity contribution in [2.24, 2.45) is 5.73 Å². The van der Waals surface area contributed by atoms with Gasteiger partial charge in [-0.25, -0.2) is 4.68 Å². The maximum atomic E-state index is 13.9. The third kappa shape index (κ3) is 3.92. The van der Waals surface area contributed by atoms with Crippen molar-refractivity contribution in [1.82, 2.24) is 14.7 Å². The highest BCUT2D eigenvalue weighted by molar-refractivity contribution is 6.02. The van der Waals surface area contributed by atoms with Crippen LogP contribution >= 0.6 is 0 Å². The Labute approximate surface area is 197 Å². The van der Waals surface area contributed by atoms with Crippen LogP contribution < -0.4 is 10.5 Å². The van der Waals surface area contributed by atoms with Crippen LogP contribution in [0.25, 0.3) is 16.9 Å². The van der Waals surface area contributed by atoms with Gasteiger partial charge in [0.05, 0.1) is 18.4 Å². The van der Waals surface area contributed by atoms with Gasteiger partial charge in [0.2, 0.25) is 5.91 Å². The van der Waals surface area contributed by atoms with Gasteiger partial charge in [0.1, 0.15) is 17.5 Å². The van der Waals surface area contributed by atoms with E-state index in [1.807, 2.05) is 78.9 Å². The molecule has 7 heteroatoms. The lowest BCUT2D eigenvalue weighted by Crippen LogP contribution is -2.51. The number of para-hydroxylation sites is 1. The molecule has 1 unspecified atom stereocenters. The van der Waals surface area contributed by atoms with E-state index in [1.165, 1.54) is 0 Å². The van der Waals surface area contributed by atoms with Crippen molar-refractivity contribution in [3.05, 3.63) is 102 Å². The number of ether oxygens (including phenoxy) is 1. The Bertz CT molecular complexity index is 1350. The van der Waals surface area contributed by atoms with E-state index >= 15 is 0 Å². The minimum absolute atomic E-state index is 0.286. The summed E-state index contributed by atoms with van der Waals surface area (Å²) in [5.41, 5.74) is 10.3. The molecule has 2 heterocycles. The molecule has 1 aliphatic rings. The molecule has 1 aromatic heterocycles. The number of benzene rings is 3. The molecule has 0 bridgehead atoms. The van der Waals surface area contributed by atoms with Gasteiger partial charge in [-0.2, -0.15) is 5.10 Å². The van der Waals surface area contributed by atoms with Crippen LogP contribution in [0.3, 0.4) is 0 Å². The number of carbonyl (C=O) groups excluding carboxylic acids is 2. The van der Waals surface area contributed by atoms with Crippen molar-refractivity contribution in [3.63, 3.8) is 0 Å². The number of nitrogens with zero attached hydrogens (tertiary/aromatic N) is 3. The van der Waals surface area contributed by atoms with Gasteiger partial charge >= 0.3 is 0 Å². The molecule has 0 spiro atoms. The fourth-order valence-corrected chi connectivity index (χ4v) is 4.35. The van der Waals surface area contributed by atoms with E-state index in [0.29, 0.717) is 30.0 Å². The largest absolute Gasteiger partial charge is 0.497 e. The second-order valence-electron chi connectivity index (χ2n) is 8.22. The summed E-state index contributed by atoms with van der Waals surface area (Å²) < 4.78 is 6.96. The average Bonchev–Trinajstić information content (AvgIpc) is 3.33. The molecule has 7 nitrogen and oxygen atoms in total. The Kier molecular flexibility index (Phi) is 5.59. The first-order valence-corrected chi connectivity index (χ1v) is 11.0. The number of fused-ring (bicyclic) bond motifs is 1. The second-order valence-corrected chi connectivity index (χ2v) is 8.22. The predicted octanol–water partition coefficient (Wildman–Crippen LogP) is 3.60. The summed E-state index contributed by atoms with van der Waals surface area (Å²) in [6.45, 7) is 0.307. The lowest BCUT2D eigenvalue weighted by Gasteiger charge is -2.35. The zero-order valence-corrected chi connectivity index (χ0v) is 18.7. The highest BCUT2D eigenvalue weighted by Crippen LogP contribution is 2.30. The normalized spacial score (nSPS) is 15.0. The molecule has 1 atom stereocenters. The van der Waals surface area contributed by atoms with Crippen LogP contribution in [-0.4, -0.2) is 39.6 Å². The highest BCUT2D eigenvalue weighted by Gasteiger charge is 2.35. The minimum atomic E-state index is -0.730. The topological polar surface area (TPSA) is 90.5 Å². The summed E-state index contributed by atoms with van der Waals surface area (Å²) in [6.07, 6.45) is 2.11. The van der Waals surface area contributed by atoms with Crippen LogP contribution in [0.4, 0.5) is 0 Å². The van der Waals surface area contributed by atoms with Gasteiger partial charge in [0.25, 0.3) is 5.91 Å². The van der Waals surface area contributed by atoms with Gasteiger partial charge in [-0.15, -0.1) is 0 Å². The van der Waals surface area contributed by atoms with Gasteiger partial charge in [-0.05, 0) is 47.5 Å². The van der Waals surface area contributed by atoms with Gasteiger partial charge in [-0.3, -0.25) is 9.59 Å². The lowest BCUT2D eigenvalue weighted by molar-refractivity contribution is -0.122. The van der Waals surface area contributed by atoms with Crippen molar-refractivity contribution >= 4 is 11.8 Å².